The second-order valence-corrected chi connectivity index (χ2v) is 10.8. The lowest BCUT2D eigenvalue weighted by Crippen LogP contribution is -2.53. The Hall–Kier alpha value is -3.23. The van der Waals surface area contributed by atoms with Crippen LogP contribution >= 0.6 is 0 Å². The molecule has 0 radical (unpaired) electrons. The first-order valence-electron chi connectivity index (χ1n) is 11.7. The van der Waals surface area contributed by atoms with Crippen molar-refractivity contribution < 1.29 is 17.6 Å². The van der Waals surface area contributed by atoms with Gasteiger partial charge >= 0.3 is 0 Å². The molecule has 4 rings (SSSR count). The van der Waals surface area contributed by atoms with Crippen LogP contribution in [0.2, 0.25) is 0 Å². The van der Waals surface area contributed by atoms with Gasteiger partial charge < -0.3 is 10.2 Å². The molecule has 0 bridgehead atoms. The van der Waals surface area contributed by atoms with Gasteiger partial charge in [0, 0.05) is 42.6 Å². The van der Waals surface area contributed by atoms with E-state index in [0.717, 1.165) is 35.4 Å². The fraction of sp³-hybridized carbons (Fsp3) is 0.296. The summed E-state index contributed by atoms with van der Waals surface area (Å²) in [7, 11) is -4.13. The molecule has 1 fully saturated rings. The minimum atomic E-state index is -4.13. The Morgan fingerprint density at radius 1 is 1.06 bits per heavy atom. The number of carbonyl (C=O) groups excluding carboxylic acids is 1. The van der Waals surface area contributed by atoms with E-state index in [0.29, 0.717) is 12.2 Å². The molecule has 1 aliphatic heterocycles. The van der Waals surface area contributed by atoms with Gasteiger partial charge in [-0.05, 0) is 67.8 Å². The SMILES string of the molecule is CCc1ccccc1NC(=O)c1ccc(F)c(S(=O)(=O)N2CCN(c3cccc(C)c3)[C@H](C)C2)c1. The van der Waals surface area contributed by atoms with Crippen molar-refractivity contribution in [1.29, 1.82) is 0 Å². The van der Waals surface area contributed by atoms with Crippen LogP contribution < -0.4 is 10.2 Å². The van der Waals surface area contributed by atoms with Gasteiger partial charge in [-0.2, -0.15) is 4.31 Å². The monoisotopic (exact) mass is 495 g/mol. The van der Waals surface area contributed by atoms with Crippen LogP contribution in [0, 0.1) is 12.7 Å². The van der Waals surface area contributed by atoms with E-state index < -0.39 is 26.6 Å². The number of benzene rings is 3. The number of nitrogens with one attached hydrogen (secondary N) is 1. The van der Waals surface area contributed by atoms with Gasteiger partial charge in [0.2, 0.25) is 10.0 Å². The van der Waals surface area contributed by atoms with Crippen molar-refractivity contribution in [3.63, 3.8) is 0 Å². The maximum Gasteiger partial charge on any atom is 0.255 e. The van der Waals surface area contributed by atoms with Gasteiger partial charge in [0.15, 0.2) is 0 Å². The number of nitrogens with zero attached hydrogens (tertiary/aromatic N) is 2. The number of hydrogen-bond donors (Lipinski definition) is 1. The highest BCUT2D eigenvalue weighted by molar-refractivity contribution is 7.89. The molecule has 3 aromatic rings. The fourth-order valence-corrected chi connectivity index (χ4v) is 6.06. The molecule has 1 amide bonds. The van der Waals surface area contributed by atoms with E-state index in [4.69, 9.17) is 0 Å². The topological polar surface area (TPSA) is 69.7 Å². The van der Waals surface area contributed by atoms with Crippen molar-refractivity contribution in [2.24, 2.45) is 0 Å². The molecule has 1 aliphatic rings. The smallest absolute Gasteiger partial charge is 0.255 e. The van der Waals surface area contributed by atoms with E-state index >= 15 is 0 Å². The van der Waals surface area contributed by atoms with Crippen molar-refractivity contribution in [3.8, 4) is 0 Å². The summed E-state index contributed by atoms with van der Waals surface area (Å²) in [6, 6.07) is 18.8. The number of amides is 1. The second kappa shape index (κ2) is 10.2. The number of anilines is 2. The summed E-state index contributed by atoms with van der Waals surface area (Å²) >= 11 is 0. The van der Waals surface area contributed by atoms with Crippen LogP contribution in [0.15, 0.2) is 71.6 Å². The van der Waals surface area contributed by atoms with Crippen LogP contribution in [0.1, 0.15) is 35.3 Å². The van der Waals surface area contributed by atoms with Crippen molar-refractivity contribution in [2.75, 3.05) is 29.9 Å². The first kappa shape index (κ1) is 24.9. The lowest BCUT2D eigenvalue weighted by Gasteiger charge is -2.40. The van der Waals surface area contributed by atoms with E-state index in [1.807, 2.05) is 57.2 Å². The highest BCUT2D eigenvalue weighted by Crippen LogP contribution is 2.27. The Balaban J connectivity index is 1.55. The van der Waals surface area contributed by atoms with Crippen LogP contribution in [0.4, 0.5) is 15.8 Å². The van der Waals surface area contributed by atoms with Crippen molar-refractivity contribution in [1.82, 2.24) is 4.31 Å². The number of hydrogen-bond acceptors (Lipinski definition) is 4. The molecule has 0 saturated carbocycles. The Bertz CT molecular complexity index is 1340. The van der Waals surface area contributed by atoms with E-state index in [1.165, 1.54) is 10.4 Å². The van der Waals surface area contributed by atoms with Crippen LogP contribution in [0.5, 0.6) is 0 Å². The van der Waals surface area contributed by atoms with Crippen LogP contribution in [-0.2, 0) is 16.4 Å². The fourth-order valence-electron chi connectivity index (χ4n) is 4.46. The zero-order valence-corrected chi connectivity index (χ0v) is 21.0. The zero-order chi connectivity index (χ0) is 25.2. The van der Waals surface area contributed by atoms with Gasteiger partial charge in [-0.25, -0.2) is 12.8 Å². The van der Waals surface area contributed by atoms with Gasteiger partial charge in [0.25, 0.3) is 5.91 Å². The number of para-hydroxylation sites is 1. The molecule has 0 unspecified atom stereocenters. The average Bonchev–Trinajstić information content (AvgIpc) is 2.84. The summed E-state index contributed by atoms with van der Waals surface area (Å²) in [5, 5.41) is 2.81. The highest BCUT2D eigenvalue weighted by atomic mass is 32.2. The molecule has 6 nitrogen and oxygen atoms in total. The maximum absolute atomic E-state index is 14.8. The normalized spacial score (nSPS) is 16.8. The van der Waals surface area contributed by atoms with E-state index in [9.17, 15) is 17.6 Å². The Labute approximate surface area is 206 Å². The summed E-state index contributed by atoms with van der Waals surface area (Å²) in [6.07, 6.45) is 0.728. The van der Waals surface area contributed by atoms with Crippen LogP contribution in [-0.4, -0.2) is 44.3 Å². The van der Waals surface area contributed by atoms with Crippen molar-refractivity contribution in [3.05, 3.63) is 89.2 Å². The third kappa shape index (κ3) is 5.23. The third-order valence-corrected chi connectivity index (χ3v) is 8.26. The molecule has 0 aliphatic carbocycles. The average molecular weight is 496 g/mol. The Kier molecular flexibility index (Phi) is 7.23. The number of sulfonamides is 1. The van der Waals surface area contributed by atoms with E-state index in [1.54, 1.807) is 6.07 Å². The largest absolute Gasteiger partial charge is 0.366 e. The first-order valence-corrected chi connectivity index (χ1v) is 13.2. The number of carbonyl (C=O) groups is 1. The first-order chi connectivity index (χ1) is 16.7. The van der Waals surface area contributed by atoms with Crippen LogP contribution in [0.25, 0.3) is 0 Å². The molecule has 1 N–H and O–H groups in total. The van der Waals surface area contributed by atoms with E-state index in [-0.39, 0.29) is 24.7 Å². The molecule has 1 heterocycles. The van der Waals surface area contributed by atoms with Gasteiger partial charge in [-0.1, -0.05) is 37.3 Å². The lowest BCUT2D eigenvalue weighted by atomic mass is 10.1. The molecule has 3 aromatic carbocycles. The standard InChI is InChI=1S/C27H30FN3O3S/c1-4-21-9-5-6-11-25(21)29-27(32)22-12-13-24(28)26(17-22)35(33,34)30-14-15-31(20(3)18-30)23-10-7-8-19(2)16-23/h5-13,16-17,20H,4,14-15,18H2,1-3H3,(H,29,32)/t20-/m1/s1. The summed E-state index contributed by atoms with van der Waals surface area (Å²) in [6.45, 7) is 6.88. The van der Waals surface area contributed by atoms with E-state index in [2.05, 4.69) is 16.3 Å². The van der Waals surface area contributed by atoms with Gasteiger partial charge in [0.05, 0.1) is 0 Å². The summed E-state index contributed by atoms with van der Waals surface area (Å²) in [4.78, 5) is 14.6. The number of halogens is 1. The molecular weight excluding hydrogens is 465 g/mol. The molecular formula is C27H30FN3O3S. The van der Waals surface area contributed by atoms with Crippen LogP contribution in [0.3, 0.4) is 0 Å². The third-order valence-electron chi connectivity index (χ3n) is 6.38. The van der Waals surface area contributed by atoms with Gasteiger partial charge in [-0.15, -0.1) is 0 Å². The second-order valence-electron chi connectivity index (χ2n) is 8.85. The Morgan fingerprint density at radius 3 is 2.54 bits per heavy atom. The lowest BCUT2D eigenvalue weighted by molar-refractivity contribution is 0.102. The van der Waals surface area contributed by atoms with Crippen molar-refractivity contribution >= 4 is 27.3 Å². The maximum atomic E-state index is 14.8. The Morgan fingerprint density at radius 2 is 1.83 bits per heavy atom. The number of aryl methyl sites for hydroxylation is 2. The number of rotatable bonds is 6. The minimum Gasteiger partial charge on any atom is -0.366 e. The molecule has 1 saturated heterocycles. The summed E-state index contributed by atoms with van der Waals surface area (Å²) in [5.41, 5.74) is 3.85. The summed E-state index contributed by atoms with van der Waals surface area (Å²) < 4.78 is 42.9. The summed E-state index contributed by atoms with van der Waals surface area (Å²) in [5.74, 6) is -1.36. The predicted molar refractivity (Wildman–Crippen MR) is 137 cm³/mol. The molecule has 0 spiro atoms. The minimum absolute atomic E-state index is 0.0855. The molecule has 1 atom stereocenters. The zero-order valence-electron chi connectivity index (χ0n) is 20.2. The number of piperazine rings is 1. The van der Waals surface area contributed by atoms with Gasteiger partial charge in [-0.3, -0.25) is 4.79 Å². The highest BCUT2D eigenvalue weighted by Gasteiger charge is 2.34. The molecule has 8 heteroatoms. The molecule has 35 heavy (non-hydrogen) atoms. The quantitative estimate of drug-likeness (QED) is 0.531. The predicted octanol–water partition coefficient (Wildman–Crippen LogP) is 4.85. The van der Waals surface area contributed by atoms with Gasteiger partial charge in [0.1, 0.15) is 10.7 Å². The molecule has 0 aromatic heterocycles. The van der Waals surface area contributed by atoms with Crippen molar-refractivity contribution in [2.45, 2.75) is 38.1 Å². The molecule has 184 valence electrons.